The van der Waals surface area contributed by atoms with Gasteiger partial charge in [0.15, 0.2) is 0 Å². The highest BCUT2D eigenvalue weighted by molar-refractivity contribution is 7.89. The molecule has 1 aromatic heterocycles. The Morgan fingerprint density at radius 3 is 2.15 bits per heavy atom. The smallest absolute Gasteiger partial charge is 0.258 e. The number of primary sulfonamides is 1. The number of benzene rings is 2. The van der Waals surface area contributed by atoms with Crippen molar-refractivity contribution in [2.75, 3.05) is 0 Å². The van der Waals surface area contributed by atoms with Gasteiger partial charge in [0.25, 0.3) is 12.1 Å². The molecule has 0 spiro atoms. The van der Waals surface area contributed by atoms with E-state index in [1.165, 1.54) is 59.3 Å². The lowest BCUT2D eigenvalue weighted by atomic mass is 10.1. The van der Waals surface area contributed by atoms with Crippen LogP contribution in [0.5, 0.6) is 0 Å². The van der Waals surface area contributed by atoms with E-state index >= 15 is 0 Å². The topological polar surface area (TPSA) is 121 Å². The Hall–Kier alpha value is -3.18. The molecule has 3 rings (SSSR count). The number of rotatable bonds is 5. The molecule has 2 N–H and O–H groups in total. The van der Waals surface area contributed by atoms with Crippen molar-refractivity contribution < 1.29 is 22.1 Å². The molecule has 0 saturated heterocycles. The summed E-state index contributed by atoms with van der Waals surface area (Å²) in [6.07, 6.45) is -2.83. The third kappa shape index (κ3) is 3.83. The summed E-state index contributed by atoms with van der Waals surface area (Å²) in [6.45, 7) is 0. The fraction of sp³-hybridized carbons (Fsp3) is 0.0625. The van der Waals surface area contributed by atoms with E-state index in [0.29, 0.717) is 11.3 Å². The fourth-order valence-corrected chi connectivity index (χ4v) is 2.95. The Morgan fingerprint density at radius 2 is 1.67 bits per heavy atom. The number of nitrogens with two attached hydrogens (primary N) is 1. The van der Waals surface area contributed by atoms with Crippen molar-refractivity contribution in [1.29, 1.82) is 0 Å². The standard InChI is InChI=1S/C16H12F2N4O4S/c17-16(18)14-9-15(10-1-3-12(4-2-10)22(23)24)21(20-14)11-5-7-13(8-6-11)27(19,25)26/h1-9,16H,(H2,19,25,26). The number of aromatic nitrogens is 2. The zero-order valence-corrected chi connectivity index (χ0v) is 14.3. The minimum absolute atomic E-state index is 0.135. The summed E-state index contributed by atoms with van der Waals surface area (Å²) in [5.41, 5.74) is 0.386. The van der Waals surface area contributed by atoms with Crippen LogP contribution in [0.3, 0.4) is 0 Å². The highest BCUT2D eigenvalue weighted by atomic mass is 32.2. The molecule has 27 heavy (non-hydrogen) atoms. The number of nitrogens with zero attached hydrogens (tertiary/aromatic N) is 3. The molecule has 0 aliphatic carbocycles. The van der Waals surface area contributed by atoms with Gasteiger partial charge in [0.05, 0.1) is 21.2 Å². The summed E-state index contributed by atoms with van der Waals surface area (Å²) < 4.78 is 50.1. The summed E-state index contributed by atoms with van der Waals surface area (Å²) in [5, 5.41) is 19.7. The van der Waals surface area contributed by atoms with Gasteiger partial charge in [0, 0.05) is 17.7 Å². The third-order valence-electron chi connectivity index (χ3n) is 3.74. The van der Waals surface area contributed by atoms with Gasteiger partial charge in [-0.15, -0.1) is 0 Å². The quantitative estimate of drug-likeness (QED) is 0.527. The molecule has 0 amide bonds. The maximum atomic E-state index is 13.1. The molecule has 0 aliphatic heterocycles. The second-order valence-electron chi connectivity index (χ2n) is 5.51. The van der Waals surface area contributed by atoms with E-state index in [1.807, 2.05) is 0 Å². The van der Waals surface area contributed by atoms with E-state index in [9.17, 15) is 27.3 Å². The molecule has 11 heteroatoms. The minimum Gasteiger partial charge on any atom is -0.258 e. The number of alkyl halides is 2. The zero-order chi connectivity index (χ0) is 19.8. The number of nitro groups is 1. The number of hydrogen-bond donors (Lipinski definition) is 1. The molecule has 0 fully saturated rings. The second kappa shape index (κ2) is 6.85. The molecular formula is C16H12F2N4O4S. The van der Waals surface area contributed by atoms with Crippen molar-refractivity contribution in [2.45, 2.75) is 11.3 Å². The van der Waals surface area contributed by atoms with Crippen LogP contribution in [0.2, 0.25) is 0 Å². The molecule has 8 nitrogen and oxygen atoms in total. The predicted molar refractivity (Wildman–Crippen MR) is 92.0 cm³/mol. The van der Waals surface area contributed by atoms with E-state index < -0.39 is 27.1 Å². The van der Waals surface area contributed by atoms with Crippen molar-refractivity contribution in [2.24, 2.45) is 5.14 Å². The van der Waals surface area contributed by atoms with E-state index in [-0.39, 0.29) is 16.3 Å². The molecule has 3 aromatic rings. The van der Waals surface area contributed by atoms with Gasteiger partial charge < -0.3 is 0 Å². The molecule has 0 radical (unpaired) electrons. The molecule has 0 unspecified atom stereocenters. The molecule has 0 bridgehead atoms. The molecule has 1 heterocycles. The van der Waals surface area contributed by atoms with Crippen LogP contribution in [-0.2, 0) is 10.0 Å². The monoisotopic (exact) mass is 394 g/mol. The number of halogens is 2. The van der Waals surface area contributed by atoms with Gasteiger partial charge in [0.1, 0.15) is 5.69 Å². The Morgan fingerprint density at radius 1 is 1.07 bits per heavy atom. The van der Waals surface area contributed by atoms with Gasteiger partial charge in [-0.3, -0.25) is 10.1 Å². The fourth-order valence-electron chi connectivity index (χ4n) is 2.44. The summed E-state index contributed by atoms with van der Waals surface area (Å²) in [7, 11) is -3.90. The lowest BCUT2D eigenvalue weighted by Gasteiger charge is -2.08. The summed E-state index contributed by atoms with van der Waals surface area (Å²) in [5.74, 6) is 0. The van der Waals surface area contributed by atoms with E-state index in [4.69, 9.17) is 5.14 Å². The Labute approximate surface area is 152 Å². The zero-order valence-electron chi connectivity index (χ0n) is 13.5. The van der Waals surface area contributed by atoms with Crippen LogP contribution in [0.4, 0.5) is 14.5 Å². The van der Waals surface area contributed by atoms with Gasteiger partial charge in [-0.2, -0.15) is 5.10 Å². The Bertz CT molecular complexity index is 1090. The predicted octanol–water partition coefficient (Wildman–Crippen LogP) is 3.03. The SMILES string of the molecule is NS(=O)(=O)c1ccc(-n2nc(C(F)F)cc2-c2ccc([N+](=O)[O-])cc2)cc1. The third-order valence-corrected chi connectivity index (χ3v) is 4.66. The summed E-state index contributed by atoms with van der Waals surface area (Å²) >= 11 is 0. The average molecular weight is 394 g/mol. The van der Waals surface area contributed by atoms with Crippen LogP contribution in [0, 0.1) is 10.1 Å². The number of sulfonamides is 1. The van der Waals surface area contributed by atoms with Gasteiger partial charge in [-0.1, -0.05) is 0 Å². The van der Waals surface area contributed by atoms with Gasteiger partial charge in [0.2, 0.25) is 10.0 Å². The molecular weight excluding hydrogens is 382 g/mol. The van der Waals surface area contributed by atoms with Crippen LogP contribution in [0.15, 0.2) is 59.5 Å². The van der Waals surface area contributed by atoms with Crippen LogP contribution < -0.4 is 5.14 Å². The van der Waals surface area contributed by atoms with Crippen molar-refractivity contribution in [3.63, 3.8) is 0 Å². The summed E-state index contributed by atoms with van der Waals surface area (Å²) in [6, 6.07) is 11.7. The number of nitro benzene ring substituents is 1. The second-order valence-corrected chi connectivity index (χ2v) is 7.07. The van der Waals surface area contributed by atoms with Gasteiger partial charge in [-0.05, 0) is 42.5 Å². The van der Waals surface area contributed by atoms with E-state index in [2.05, 4.69) is 5.10 Å². The van der Waals surface area contributed by atoms with Crippen molar-refractivity contribution in [3.05, 3.63) is 70.4 Å². The number of non-ortho nitro benzene ring substituents is 1. The molecule has 2 aromatic carbocycles. The highest BCUT2D eigenvalue weighted by Crippen LogP contribution is 2.29. The van der Waals surface area contributed by atoms with Crippen LogP contribution >= 0.6 is 0 Å². The lowest BCUT2D eigenvalue weighted by Crippen LogP contribution is -2.12. The van der Waals surface area contributed by atoms with E-state index in [0.717, 1.165) is 0 Å². The first-order valence-electron chi connectivity index (χ1n) is 7.43. The number of hydrogen-bond acceptors (Lipinski definition) is 5. The van der Waals surface area contributed by atoms with Crippen LogP contribution in [0.1, 0.15) is 12.1 Å². The minimum atomic E-state index is -3.90. The Balaban J connectivity index is 2.11. The van der Waals surface area contributed by atoms with E-state index in [1.54, 1.807) is 0 Å². The van der Waals surface area contributed by atoms with Crippen LogP contribution in [-0.4, -0.2) is 23.1 Å². The normalized spacial score (nSPS) is 11.7. The van der Waals surface area contributed by atoms with Crippen molar-refractivity contribution in [1.82, 2.24) is 9.78 Å². The van der Waals surface area contributed by atoms with Crippen molar-refractivity contribution >= 4 is 15.7 Å². The highest BCUT2D eigenvalue weighted by Gasteiger charge is 2.19. The molecule has 0 aliphatic rings. The first-order chi connectivity index (χ1) is 12.7. The largest absolute Gasteiger partial charge is 0.282 e. The maximum Gasteiger partial charge on any atom is 0.282 e. The molecule has 0 saturated carbocycles. The van der Waals surface area contributed by atoms with Gasteiger partial charge >= 0.3 is 0 Å². The summed E-state index contributed by atoms with van der Waals surface area (Å²) in [4.78, 5) is 10.1. The average Bonchev–Trinajstić information content (AvgIpc) is 3.07. The first-order valence-corrected chi connectivity index (χ1v) is 8.97. The lowest BCUT2D eigenvalue weighted by molar-refractivity contribution is -0.384. The van der Waals surface area contributed by atoms with Crippen molar-refractivity contribution in [3.8, 4) is 16.9 Å². The van der Waals surface area contributed by atoms with Crippen LogP contribution in [0.25, 0.3) is 16.9 Å². The molecule has 0 atom stereocenters. The first kappa shape index (κ1) is 18.6. The van der Waals surface area contributed by atoms with Gasteiger partial charge in [-0.25, -0.2) is 27.0 Å². The maximum absolute atomic E-state index is 13.1. The Kier molecular flexibility index (Phi) is 4.72. The molecule has 140 valence electrons.